The van der Waals surface area contributed by atoms with Gasteiger partial charge in [0.1, 0.15) is 12.4 Å². The molecule has 0 bridgehead atoms. The number of benzene rings is 1. The molecule has 0 atom stereocenters. The summed E-state index contributed by atoms with van der Waals surface area (Å²) in [6.45, 7) is 13.4. The molecule has 0 amide bonds. The van der Waals surface area contributed by atoms with Crippen molar-refractivity contribution in [2.24, 2.45) is 5.73 Å². The van der Waals surface area contributed by atoms with Gasteiger partial charge in [-0.15, -0.1) is 6.58 Å². The Bertz CT molecular complexity index is 396. The molecule has 1 rings (SSSR count). The van der Waals surface area contributed by atoms with Crippen molar-refractivity contribution >= 4 is 0 Å². The molecule has 0 radical (unpaired) electrons. The molecule has 1 aromatic carbocycles. The molecule has 0 aliphatic rings. The molecule has 0 heterocycles. The van der Waals surface area contributed by atoms with Crippen LogP contribution in [0.25, 0.3) is 0 Å². The van der Waals surface area contributed by atoms with Crippen LogP contribution in [0.3, 0.4) is 0 Å². The first kappa shape index (κ1) is 15.7. The van der Waals surface area contributed by atoms with Crippen molar-refractivity contribution in [2.45, 2.75) is 32.9 Å². The third-order valence-electron chi connectivity index (χ3n) is 3.06. The van der Waals surface area contributed by atoms with E-state index in [4.69, 9.17) is 10.5 Å². The number of hydrogen-bond donors (Lipinski definition) is 1. The summed E-state index contributed by atoms with van der Waals surface area (Å²) < 4.78 is 5.79. The second-order valence-electron chi connectivity index (χ2n) is 5.61. The quantitative estimate of drug-likeness (QED) is 0.768. The van der Waals surface area contributed by atoms with Gasteiger partial charge in [0.05, 0.1) is 0 Å². The van der Waals surface area contributed by atoms with E-state index in [1.54, 1.807) is 0 Å². The molecule has 1 aromatic rings. The number of nitrogens with zero attached hydrogens (tertiary/aromatic N) is 1. The summed E-state index contributed by atoms with van der Waals surface area (Å²) >= 11 is 0. The van der Waals surface area contributed by atoms with Crippen LogP contribution in [0.2, 0.25) is 0 Å². The molecule has 2 N–H and O–H groups in total. The summed E-state index contributed by atoms with van der Waals surface area (Å²) in [5, 5.41) is 0. The number of nitrogens with two attached hydrogens (primary N) is 1. The highest BCUT2D eigenvalue weighted by Crippen LogP contribution is 2.15. The molecule has 0 unspecified atom stereocenters. The largest absolute Gasteiger partial charge is 0.492 e. The molecule has 19 heavy (non-hydrogen) atoms. The Balaban J connectivity index is 2.49. The molecule has 106 valence electrons. The van der Waals surface area contributed by atoms with E-state index in [0.29, 0.717) is 13.2 Å². The van der Waals surface area contributed by atoms with Crippen molar-refractivity contribution < 1.29 is 4.74 Å². The van der Waals surface area contributed by atoms with Gasteiger partial charge in [-0.3, -0.25) is 4.90 Å². The summed E-state index contributed by atoms with van der Waals surface area (Å²) in [6, 6.07) is 7.94. The van der Waals surface area contributed by atoms with Gasteiger partial charge in [-0.05, 0) is 38.5 Å². The predicted molar refractivity (Wildman–Crippen MR) is 81.4 cm³/mol. The van der Waals surface area contributed by atoms with E-state index in [-0.39, 0.29) is 5.54 Å². The third kappa shape index (κ3) is 5.45. The zero-order valence-electron chi connectivity index (χ0n) is 12.4. The van der Waals surface area contributed by atoms with Crippen LogP contribution >= 0.6 is 0 Å². The van der Waals surface area contributed by atoms with Gasteiger partial charge in [-0.2, -0.15) is 0 Å². The molecule has 0 aromatic heterocycles. The van der Waals surface area contributed by atoms with Gasteiger partial charge in [-0.25, -0.2) is 0 Å². The van der Waals surface area contributed by atoms with Crippen LogP contribution in [0, 0.1) is 0 Å². The molecule has 0 fully saturated rings. The Labute approximate surface area is 117 Å². The Kier molecular flexibility index (Phi) is 6.06. The van der Waals surface area contributed by atoms with Gasteiger partial charge in [0.25, 0.3) is 0 Å². The Morgan fingerprint density at radius 2 is 2.11 bits per heavy atom. The molecule has 0 spiro atoms. The van der Waals surface area contributed by atoms with E-state index >= 15 is 0 Å². The molecule has 0 aliphatic heterocycles. The Morgan fingerprint density at radius 3 is 2.68 bits per heavy atom. The fraction of sp³-hybridized carbons (Fsp3) is 0.500. The maximum atomic E-state index is 5.79. The average molecular weight is 262 g/mol. The molecule has 3 nitrogen and oxygen atoms in total. The van der Waals surface area contributed by atoms with Gasteiger partial charge < -0.3 is 10.5 Å². The lowest BCUT2D eigenvalue weighted by atomic mass is 10.1. The predicted octanol–water partition coefficient (Wildman–Crippen LogP) is 2.81. The number of hydrogen-bond acceptors (Lipinski definition) is 3. The lowest BCUT2D eigenvalue weighted by Crippen LogP contribution is -2.43. The second kappa shape index (κ2) is 7.31. The standard InChI is InChI=1S/C16H26N2O/c1-5-9-18(16(2,3)4)10-11-19-15-8-6-7-14(12-15)13-17/h5-8,12H,1,9-11,13,17H2,2-4H3. The van der Waals surface area contributed by atoms with Gasteiger partial charge in [0.2, 0.25) is 0 Å². The van der Waals surface area contributed by atoms with E-state index in [1.807, 2.05) is 30.3 Å². The normalized spacial score (nSPS) is 11.6. The SMILES string of the molecule is C=CCN(CCOc1cccc(CN)c1)C(C)(C)C. The topological polar surface area (TPSA) is 38.5 Å². The first-order valence-electron chi connectivity index (χ1n) is 6.75. The molecular formula is C16H26N2O. The van der Waals surface area contributed by atoms with E-state index in [2.05, 4.69) is 32.3 Å². The zero-order chi connectivity index (χ0) is 14.3. The van der Waals surface area contributed by atoms with Crippen molar-refractivity contribution in [3.63, 3.8) is 0 Å². The minimum Gasteiger partial charge on any atom is -0.492 e. The zero-order valence-corrected chi connectivity index (χ0v) is 12.4. The van der Waals surface area contributed by atoms with E-state index in [9.17, 15) is 0 Å². The van der Waals surface area contributed by atoms with E-state index < -0.39 is 0 Å². The van der Waals surface area contributed by atoms with Crippen LogP contribution < -0.4 is 10.5 Å². The summed E-state index contributed by atoms with van der Waals surface area (Å²) in [5.41, 5.74) is 6.83. The maximum Gasteiger partial charge on any atom is 0.119 e. The summed E-state index contributed by atoms with van der Waals surface area (Å²) in [5.74, 6) is 0.885. The fourth-order valence-corrected chi connectivity index (χ4v) is 1.89. The van der Waals surface area contributed by atoms with Crippen molar-refractivity contribution in [1.29, 1.82) is 0 Å². The van der Waals surface area contributed by atoms with Gasteiger partial charge >= 0.3 is 0 Å². The van der Waals surface area contributed by atoms with Crippen LogP contribution in [-0.2, 0) is 6.54 Å². The van der Waals surface area contributed by atoms with Crippen molar-refractivity contribution in [3.8, 4) is 5.75 Å². The summed E-state index contributed by atoms with van der Waals surface area (Å²) in [7, 11) is 0. The first-order chi connectivity index (χ1) is 8.97. The van der Waals surface area contributed by atoms with E-state index in [0.717, 1.165) is 24.4 Å². The van der Waals surface area contributed by atoms with Gasteiger partial charge in [0, 0.05) is 25.2 Å². The monoisotopic (exact) mass is 262 g/mol. The van der Waals surface area contributed by atoms with Crippen LogP contribution in [0.15, 0.2) is 36.9 Å². The first-order valence-corrected chi connectivity index (χ1v) is 6.75. The lowest BCUT2D eigenvalue weighted by molar-refractivity contribution is 0.126. The summed E-state index contributed by atoms with van der Waals surface area (Å²) in [4.78, 5) is 2.34. The van der Waals surface area contributed by atoms with Crippen LogP contribution in [0.1, 0.15) is 26.3 Å². The third-order valence-corrected chi connectivity index (χ3v) is 3.06. The summed E-state index contributed by atoms with van der Waals surface area (Å²) in [6.07, 6.45) is 1.93. The molecule has 0 aliphatic carbocycles. The van der Waals surface area contributed by atoms with E-state index in [1.165, 1.54) is 0 Å². The number of ether oxygens (including phenoxy) is 1. The average Bonchev–Trinajstić information content (AvgIpc) is 2.37. The highest BCUT2D eigenvalue weighted by molar-refractivity contribution is 5.28. The minimum atomic E-state index is 0.122. The maximum absolute atomic E-state index is 5.79. The van der Waals surface area contributed by atoms with Crippen molar-refractivity contribution in [2.75, 3.05) is 19.7 Å². The minimum absolute atomic E-state index is 0.122. The smallest absolute Gasteiger partial charge is 0.119 e. The van der Waals surface area contributed by atoms with Gasteiger partial charge in [0.15, 0.2) is 0 Å². The van der Waals surface area contributed by atoms with Gasteiger partial charge in [-0.1, -0.05) is 18.2 Å². The lowest BCUT2D eigenvalue weighted by Gasteiger charge is -2.34. The van der Waals surface area contributed by atoms with Crippen molar-refractivity contribution in [3.05, 3.63) is 42.5 Å². The highest BCUT2D eigenvalue weighted by Gasteiger charge is 2.19. The van der Waals surface area contributed by atoms with Crippen LogP contribution in [-0.4, -0.2) is 30.1 Å². The number of rotatable bonds is 7. The molecule has 0 saturated carbocycles. The molecular weight excluding hydrogens is 236 g/mol. The fourth-order valence-electron chi connectivity index (χ4n) is 1.89. The molecule has 0 saturated heterocycles. The van der Waals surface area contributed by atoms with Crippen LogP contribution in [0.4, 0.5) is 0 Å². The Hall–Kier alpha value is -1.32. The highest BCUT2D eigenvalue weighted by atomic mass is 16.5. The Morgan fingerprint density at radius 1 is 1.37 bits per heavy atom. The van der Waals surface area contributed by atoms with Crippen LogP contribution in [0.5, 0.6) is 5.75 Å². The van der Waals surface area contributed by atoms with Crippen molar-refractivity contribution in [1.82, 2.24) is 4.90 Å². The molecule has 3 heteroatoms. The second-order valence-corrected chi connectivity index (χ2v) is 5.61.